The van der Waals surface area contributed by atoms with Gasteiger partial charge in [-0.05, 0) is 34.1 Å². The molecule has 0 aromatic heterocycles. The molecule has 0 unspecified atom stereocenters. The quantitative estimate of drug-likeness (QED) is 0.524. The van der Waals surface area contributed by atoms with E-state index in [9.17, 15) is 0 Å². The average Bonchev–Trinajstić information content (AvgIpc) is 1.59. The predicted molar refractivity (Wildman–Crippen MR) is 47.8 cm³/mol. The van der Waals surface area contributed by atoms with Gasteiger partial charge in [0.2, 0.25) is 0 Å². The molecular formula is C9H19N. The molecule has 0 amide bonds. The van der Waals surface area contributed by atoms with Crippen LogP contribution >= 0.6 is 0 Å². The van der Waals surface area contributed by atoms with Crippen molar-refractivity contribution in [3.05, 3.63) is 0 Å². The fourth-order valence-electron chi connectivity index (χ4n) is 0.990. The predicted octanol–water partition coefficient (Wildman–Crippen LogP) is 3.05. The van der Waals surface area contributed by atoms with Gasteiger partial charge >= 0.3 is 0 Å². The van der Waals surface area contributed by atoms with Crippen LogP contribution in [0, 0.1) is 0 Å². The summed E-state index contributed by atoms with van der Waals surface area (Å²) in [5.41, 5.74) is 1.38. The second kappa shape index (κ2) is 3.75. The second-order valence-electron chi connectivity index (χ2n) is 3.77. The van der Waals surface area contributed by atoms with Crippen molar-refractivity contribution in [2.45, 2.75) is 53.0 Å². The molecule has 0 spiro atoms. The van der Waals surface area contributed by atoms with Gasteiger partial charge in [0.1, 0.15) is 0 Å². The van der Waals surface area contributed by atoms with Gasteiger partial charge in [-0.2, -0.15) is 0 Å². The first-order valence-electron chi connectivity index (χ1n) is 4.01. The molecule has 0 saturated heterocycles. The molecule has 0 saturated carbocycles. The zero-order valence-electron chi connectivity index (χ0n) is 7.86. The van der Waals surface area contributed by atoms with Crippen molar-refractivity contribution in [1.29, 1.82) is 0 Å². The Morgan fingerprint density at radius 1 is 1.30 bits per heavy atom. The molecule has 1 nitrogen and oxygen atoms in total. The van der Waals surface area contributed by atoms with Gasteiger partial charge in [-0.3, -0.25) is 4.99 Å². The molecule has 0 bridgehead atoms. The fourth-order valence-corrected chi connectivity index (χ4v) is 0.990. The Labute approximate surface area is 64.6 Å². The Morgan fingerprint density at radius 3 is 2.10 bits per heavy atom. The summed E-state index contributed by atoms with van der Waals surface area (Å²) >= 11 is 0. The summed E-state index contributed by atoms with van der Waals surface area (Å²) in [5, 5.41) is 0. The lowest BCUT2D eigenvalue weighted by Gasteiger charge is -2.13. The fraction of sp³-hybridized carbons (Fsp3) is 0.889. The van der Waals surface area contributed by atoms with E-state index in [2.05, 4.69) is 39.6 Å². The van der Waals surface area contributed by atoms with Gasteiger partial charge in [-0.15, -0.1) is 0 Å². The first kappa shape index (κ1) is 9.67. The second-order valence-corrected chi connectivity index (χ2v) is 3.77. The van der Waals surface area contributed by atoms with E-state index in [-0.39, 0.29) is 5.54 Å². The molecule has 0 fully saturated rings. The third kappa shape index (κ3) is 5.80. The molecule has 0 aliphatic carbocycles. The summed E-state index contributed by atoms with van der Waals surface area (Å²) < 4.78 is 0. The molecule has 1 heteroatoms. The van der Waals surface area contributed by atoms with E-state index in [1.54, 1.807) is 0 Å². The van der Waals surface area contributed by atoms with Crippen molar-refractivity contribution in [1.82, 2.24) is 0 Å². The molecule has 60 valence electrons. The lowest BCUT2D eigenvalue weighted by molar-refractivity contribution is 0.581. The lowest BCUT2D eigenvalue weighted by atomic mass is 10.1. The molecule has 0 aliphatic rings. The minimum Gasteiger partial charge on any atom is -0.289 e. The first-order valence-corrected chi connectivity index (χ1v) is 4.01. The lowest BCUT2D eigenvalue weighted by Crippen LogP contribution is -2.12. The van der Waals surface area contributed by atoms with Gasteiger partial charge < -0.3 is 0 Å². The van der Waals surface area contributed by atoms with Crippen LogP contribution < -0.4 is 0 Å². The van der Waals surface area contributed by atoms with E-state index in [0.29, 0.717) is 0 Å². The Morgan fingerprint density at radius 2 is 1.80 bits per heavy atom. The molecule has 0 aliphatic heterocycles. The maximum atomic E-state index is 4.52. The van der Waals surface area contributed by atoms with Crippen LogP contribution in [0.3, 0.4) is 0 Å². The van der Waals surface area contributed by atoms with Crippen LogP contribution in [-0.2, 0) is 0 Å². The number of aliphatic imine (C=N–C) groups is 1. The third-order valence-electron chi connectivity index (χ3n) is 1.14. The number of rotatable bonds is 2. The van der Waals surface area contributed by atoms with Gasteiger partial charge in [0.15, 0.2) is 0 Å². The minimum absolute atomic E-state index is 0.110. The molecule has 0 heterocycles. The van der Waals surface area contributed by atoms with Gasteiger partial charge in [0.25, 0.3) is 0 Å². The van der Waals surface area contributed by atoms with Gasteiger partial charge in [0.05, 0.1) is 5.54 Å². The summed E-state index contributed by atoms with van der Waals surface area (Å²) in [4.78, 5) is 4.52. The molecule has 10 heavy (non-hydrogen) atoms. The van der Waals surface area contributed by atoms with Crippen LogP contribution in [0.5, 0.6) is 0 Å². The van der Waals surface area contributed by atoms with Crippen LogP contribution in [0.2, 0.25) is 0 Å². The Kier molecular flexibility index (Phi) is 3.62. The standard InChI is InChI=1S/C9H19N/c1-6-7-8(2)10-9(3,4)5/h6-7H2,1-5H3. The van der Waals surface area contributed by atoms with E-state index in [0.717, 1.165) is 6.42 Å². The normalized spacial score (nSPS) is 13.9. The zero-order chi connectivity index (χ0) is 8.20. The van der Waals surface area contributed by atoms with Crippen LogP contribution in [0.25, 0.3) is 0 Å². The molecule has 0 rings (SSSR count). The van der Waals surface area contributed by atoms with E-state index in [4.69, 9.17) is 0 Å². The summed E-state index contributed by atoms with van der Waals surface area (Å²) in [6.45, 7) is 10.7. The van der Waals surface area contributed by atoms with Crippen molar-refractivity contribution in [3.63, 3.8) is 0 Å². The SMILES string of the molecule is CCCC(C)=NC(C)(C)C. The number of nitrogens with zero attached hydrogens (tertiary/aromatic N) is 1. The molecule has 0 atom stereocenters. The molecule has 0 aromatic carbocycles. The maximum absolute atomic E-state index is 4.52. The number of hydrogen-bond donors (Lipinski definition) is 0. The highest BCUT2D eigenvalue weighted by atomic mass is 14.8. The molecule has 0 N–H and O–H groups in total. The molecular weight excluding hydrogens is 122 g/mol. The van der Waals surface area contributed by atoms with Crippen molar-refractivity contribution in [3.8, 4) is 0 Å². The minimum atomic E-state index is 0.110. The summed E-state index contributed by atoms with van der Waals surface area (Å²) in [7, 11) is 0. The Hall–Kier alpha value is -0.330. The monoisotopic (exact) mass is 141 g/mol. The highest BCUT2D eigenvalue weighted by Crippen LogP contribution is 2.08. The van der Waals surface area contributed by atoms with E-state index < -0.39 is 0 Å². The van der Waals surface area contributed by atoms with Crippen molar-refractivity contribution in [2.24, 2.45) is 4.99 Å². The average molecular weight is 141 g/mol. The first-order chi connectivity index (χ1) is 4.45. The topological polar surface area (TPSA) is 12.4 Å². The van der Waals surface area contributed by atoms with Crippen LogP contribution in [0.1, 0.15) is 47.5 Å². The highest BCUT2D eigenvalue weighted by molar-refractivity contribution is 5.82. The van der Waals surface area contributed by atoms with Crippen molar-refractivity contribution < 1.29 is 0 Å². The van der Waals surface area contributed by atoms with Crippen molar-refractivity contribution >= 4 is 5.71 Å². The van der Waals surface area contributed by atoms with E-state index in [1.807, 2.05) is 0 Å². The summed E-state index contributed by atoms with van der Waals surface area (Å²) in [6.07, 6.45) is 2.34. The van der Waals surface area contributed by atoms with Crippen molar-refractivity contribution in [2.75, 3.05) is 0 Å². The van der Waals surface area contributed by atoms with Crippen LogP contribution in [-0.4, -0.2) is 11.3 Å². The Balaban J connectivity index is 3.90. The summed E-state index contributed by atoms with van der Waals surface area (Å²) in [6, 6.07) is 0. The van der Waals surface area contributed by atoms with Gasteiger partial charge in [-0.25, -0.2) is 0 Å². The van der Waals surface area contributed by atoms with E-state index in [1.165, 1.54) is 12.1 Å². The zero-order valence-corrected chi connectivity index (χ0v) is 7.86. The van der Waals surface area contributed by atoms with Gasteiger partial charge in [-0.1, -0.05) is 13.3 Å². The Bertz CT molecular complexity index is 117. The van der Waals surface area contributed by atoms with Crippen LogP contribution in [0.4, 0.5) is 0 Å². The smallest absolute Gasteiger partial charge is 0.0523 e. The molecule has 0 aromatic rings. The highest BCUT2D eigenvalue weighted by Gasteiger charge is 2.06. The molecule has 0 radical (unpaired) electrons. The number of hydrogen-bond acceptors (Lipinski definition) is 1. The summed E-state index contributed by atoms with van der Waals surface area (Å²) in [5.74, 6) is 0. The van der Waals surface area contributed by atoms with E-state index >= 15 is 0 Å². The van der Waals surface area contributed by atoms with Gasteiger partial charge in [0, 0.05) is 5.71 Å². The van der Waals surface area contributed by atoms with Crippen LogP contribution in [0.15, 0.2) is 4.99 Å². The third-order valence-corrected chi connectivity index (χ3v) is 1.14. The largest absolute Gasteiger partial charge is 0.289 e. The maximum Gasteiger partial charge on any atom is 0.0523 e.